The van der Waals surface area contributed by atoms with Gasteiger partial charge in [0.05, 0.1) is 44.1 Å². The van der Waals surface area contributed by atoms with Gasteiger partial charge in [-0.05, 0) is 18.2 Å². The van der Waals surface area contributed by atoms with Crippen LogP contribution in [0.5, 0.6) is 23.0 Å². The van der Waals surface area contributed by atoms with Gasteiger partial charge in [0.15, 0.2) is 17.1 Å². The first-order valence-corrected chi connectivity index (χ1v) is 8.88. The fourth-order valence-corrected chi connectivity index (χ4v) is 4.14. The molecule has 3 aromatic rings. The van der Waals surface area contributed by atoms with Gasteiger partial charge in [-0.15, -0.1) is 0 Å². The highest BCUT2D eigenvalue weighted by Crippen LogP contribution is 2.55. The van der Waals surface area contributed by atoms with Crippen molar-refractivity contribution in [3.05, 3.63) is 45.3 Å². The van der Waals surface area contributed by atoms with Crippen LogP contribution < -0.4 is 24.4 Å². The highest BCUT2D eigenvalue weighted by Gasteiger charge is 2.44. The number of benzene rings is 2. The van der Waals surface area contributed by atoms with E-state index in [1.165, 1.54) is 21.3 Å². The Morgan fingerprint density at radius 3 is 2.46 bits per heavy atom. The summed E-state index contributed by atoms with van der Waals surface area (Å²) in [7, 11) is 4.43. The molecule has 5 rings (SSSR count). The van der Waals surface area contributed by atoms with E-state index in [2.05, 4.69) is 0 Å². The summed E-state index contributed by atoms with van der Waals surface area (Å²) < 4.78 is 34.0. The van der Waals surface area contributed by atoms with E-state index in [0.29, 0.717) is 33.4 Å². The molecule has 2 aliphatic heterocycles. The Kier molecular flexibility index (Phi) is 3.64. The van der Waals surface area contributed by atoms with Gasteiger partial charge in [0.25, 0.3) is 6.29 Å². The molecule has 1 aromatic heterocycles. The van der Waals surface area contributed by atoms with Crippen molar-refractivity contribution in [3.8, 4) is 23.0 Å². The van der Waals surface area contributed by atoms with Gasteiger partial charge in [0, 0.05) is 0 Å². The van der Waals surface area contributed by atoms with Crippen molar-refractivity contribution < 1.29 is 28.1 Å². The van der Waals surface area contributed by atoms with Crippen LogP contribution in [-0.2, 0) is 4.74 Å². The van der Waals surface area contributed by atoms with Crippen LogP contribution in [0.15, 0.2) is 33.7 Å². The molecule has 0 radical (unpaired) electrons. The zero-order chi connectivity index (χ0) is 19.6. The van der Waals surface area contributed by atoms with E-state index in [9.17, 15) is 4.79 Å². The lowest BCUT2D eigenvalue weighted by molar-refractivity contribution is -0.00604. The Labute approximate surface area is 163 Å². The lowest BCUT2D eigenvalue weighted by Gasteiger charge is -2.16. The number of hydrogen-bond acceptors (Lipinski definition) is 7. The third-order valence-electron chi connectivity index (χ3n) is 5.06. The molecule has 2 aromatic carbocycles. The molecule has 2 atom stereocenters. The molecule has 0 fully saturated rings. The largest absolute Gasteiger partial charge is 0.495 e. The third-order valence-corrected chi connectivity index (χ3v) is 5.36. The van der Waals surface area contributed by atoms with Crippen LogP contribution in [0.3, 0.4) is 0 Å². The molecule has 2 unspecified atom stereocenters. The van der Waals surface area contributed by atoms with Crippen molar-refractivity contribution in [1.82, 2.24) is 0 Å². The van der Waals surface area contributed by atoms with Crippen LogP contribution in [0.4, 0.5) is 0 Å². The molecule has 0 N–H and O–H groups in total. The summed E-state index contributed by atoms with van der Waals surface area (Å²) in [5.41, 5.74) is 0.885. The lowest BCUT2D eigenvalue weighted by Crippen LogP contribution is -2.14. The maximum absolute atomic E-state index is 13.5. The normalized spacial score (nSPS) is 19.3. The molecule has 8 heteroatoms. The number of hydrogen-bond donors (Lipinski definition) is 0. The van der Waals surface area contributed by atoms with Crippen molar-refractivity contribution in [2.24, 2.45) is 0 Å². The quantitative estimate of drug-likeness (QED) is 0.613. The lowest BCUT2D eigenvalue weighted by atomic mass is 9.96. The summed E-state index contributed by atoms with van der Waals surface area (Å²) in [6.07, 6.45) is 2.88. The zero-order valence-corrected chi connectivity index (χ0v) is 16.0. The van der Waals surface area contributed by atoms with Gasteiger partial charge in [-0.25, -0.2) is 0 Å². The Hall–Kier alpha value is -3.06. The predicted octanol–water partition coefficient (Wildman–Crippen LogP) is 3.97. The second-order valence-electron chi connectivity index (χ2n) is 6.38. The van der Waals surface area contributed by atoms with Gasteiger partial charge in [-0.2, -0.15) is 0 Å². The van der Waals surface area contributed by atoms with Crippen LogP contribution in [0.25, 0.3) is 21.9 Å². The molecular weight excluding hydrogens is 388 g/mol. The Morgan fingerprint density at radius 2 is 1.75 bits per heavy atom. The fourth-order valence-electron chi connectivity index (χ4n) is 3.91. The number of fused-ring (bicyclic) bond motifs is 5. The second-order valence-corrected chi connectivity index (χ2v) is 6.78. The van der Waals surface area contributed by atoms with E-state index in [-0.39, 0.29) is 33.5 Å². The molecule has 3 heterocycles. The smallest absolute Gasteiger partial charge is 0.251 e. The minimum Gasteiger partial charge on any atom is -0.495 e. The van der Waals surface area contributed by atoms with Crippen LogP contribution >= 0.6 is 11.6 Å². The van der Waals surface area contributed by atoms with Gasteiger partial charge < -0.3 is 28.1 Å². The second kappa shape index (κ2) is 5.97. The third kappa shape index (κ3) is 2.02. The fraction of sp³-hybridized carbons (Fsp3) is 0.250. The van der Waals surface area contributed by atoms with Crippen molar-refractivity contribution in [1.29, 1.82) is 0 Å². The zero-order valence-electron chi connectivity index (χ0n) is 15.2. The number of halogens is 1. The average molecular weight is 403 g/mol. The van der Waals surface area contributed by atoms with E-state index in [4.69, 9.17) is 39.7 Å². The molecule has 0 saturated heterocycles. The highest BCUT2D eigenvalue weighted by atomic mass is 35.5. The van der Waals surface area contributed by atoms with Gasteiger partial charge in [-0.3, -0.25) is 4.79 Å². The van der Waals surface area contributed by atoms with E-state index in [1.807, 2.05) is 6.08 Å². The number of methoxy groups -OCH3 is 3. The topological polar surface area (TPSA) is 76.4 Å². The van der Waals surface area contributed by atoms with Gasteiger partial charge in [0.1, 0.15) is 22.1 Å². The van der Waals surface area contributed by atoms with Gasteiger partial charge in [0.2, 0.25) is 11.2 Å². The monoisotopic (exact) mass is 402 g/mol. The molecular formula is C20H15ClO7. The summed E-state index contributed by atoms with van der Waals surface area (Å²) in [6.45, 7) is 0. The molecule has 0 amide bonds. The minimum absolute atomic E-state index is 0.223. The van der Waals surface area contributed by atoms with Crippen molar-refractivity contribution in [2.75, 3.05) is 21.3 Å². The maximum atomic E-state index is 13.5. The first kappa shape index (κ1) is 17.1. The van der Waals surface area contributed by atoms with Crippen LogP contribution in [0, 0.1) is 0 Å². The molecule has 0 spiro atoms. The standard InChI is InChI=1S/C20H15ClO7/c1-23-15-9(21)4-5-10-12(15)14(22)13-16(24-2)11-8-6-7-26-20(8)28-17(11)19(25-3)18(13)27-10/h4-8,20H,1-3H3. The summed E-state index contributed by atoms with van der Waals surface area (Å²) in [5.74, 6) is 1.13. The van der Waals surface area contributed by atoms with Crippen LogP contribution in [-0.4, -0.2) is 27.6 Å². The van der Waals surface area contributed by atoms with E-state index in [0.717, 1.165) is 0 Å². The Morgan fingerprint density at radius 1 is 1.00 bits per heavy atom. The van der Waals surface area contributed by atoms with E-state index in [1.54, 1.807) is 18.4 Å². The SMILES string of the molecule is COc1c2c(c(OC)c3c(=O)c4c(OC)c(Cl)ccc4oc13)C1C=COC1O2. The van der Waals surface area contributed by atoms with Gasteiger partial charge in [-0.1, -0.05) is 11.6 Å². The Bertz CT molecular complexity index is 1230. The van der Waals surface area contributed by atoms with E-state index >= 15 is 0 Å². The number of rotatable bonds is 3. The van der Waals surface area contributed by atoms with Crippen molar-refractivity contribution in [2.45, 2.75) is 12.2 Å². The van der Waals surface area contributed by atoms with Crippen LogP contribution in [0.1, 0.15) is 11.5 Å². The van der Waals surface area contributed by atoms with Gasteiger partial charge >= 0.3 is 0 Å². The molecule has 7 nitrogen and oxygen atoms in total. The number of ether oxygens (including phenoxy) is 5. The summed E-state index contributed by atoms with van der Waals surface area (Å²) >= 11 is 6.22. The summed E-state index contributed by atoms with van der Waals surface area (Å²) in [6, 6.07) is 3.22. The predicted molar refractivity (Wildman–Crippen MR) is 102 cm³/mol. The van der Waals surface area contributed by atoms with Crippen LogP contribution in [0.2, 0.25) is 5.02 Å². The average Bonchev–Trinajstić information content (AvgIpc) is 3.28. The van der Waals surface area contributed by atoms with Crippen molar-refractivity contribution >= 4 is 33.5 Å². The molecule has 0 bridgehead atoms. The summed E-state index contributed by atoms with van der Waals surface area (Å²) in [4.78, 5) is 13.5. The molecule has 2 aliphatic rings. The minimum atomic E-state index is -0.539. The first-order valence-electron chi connectivity index (χ1n) is 8.50. The summed E-state index contributed by atoms with van der Waals surface area (Å²) in [5, 5.41) is 0.775. The first-order chi connectivity index (χ1) is 13.6. The van der Waals surface area contributed by atoms with E-state index < -0.39 is 6.29 Å². The molecule has 0 saturated carbocycles. The Balaban J connectivity index is 2.01. The highest BCUT2D eigenvalue weighted by molar-refractivity contribution is 6.33. The van der Waals surface area contributed by atoms with Crippen molar-refractivity contribution in [3.63, 3.8) is 0 Å². The molecule has 28 heavy (non-hydrogen) atoms. The molecule has 144 valence electrons. The maximum Gasteiger partial charge on any atom is 0.251 e. The molecule has 0 aliphatic carbocycles.